The molecule has 0 amide bonds. The molecule has 0 fully saturated rings. The second-order valence-corrected chi connectivity index (χ2v) is 5.85. The van der Waals surface area contributed by atoms with Gasteiger partial charge in [-0.1, -0.05) is 13.0 Å². The lowest BCUT2D eigenvalue weighted by Gasteiger charge is -2.19. The van der Waals surface area contributed by atoms with Gasteiger partial charge >= 0.3 is 0 Å². The molecule has 0 bridgehead atoms. The molecule has 4 nitrogen and oxygen atoms in total. The van der Waals surface area contributed by atoms with Crippen LogP contribution in [0.5, 0.6) is 0 Å². The average molecular weight is 242 g/mol. The maximum Gasteiger partial charge on any atom is 0.214 e. The van der Waals surface area contributed by atoms with Crippen molar-refractivity contribution in [3.63, 3.8) is 0 Å². The van der Waals surface area contributed by atoms with Crippen LogP contribution >= 0.6 is 0 Å². The van der Waals surface area contributed by atoms with Crippen LogP contribution in [0.2, 0.25) is 0 Å². The molecule has 1 heterocycles. The molecule has 0 atom stereocenters. The largest absolute Gasteiger partial charge is 0.257 e. The van der Waals surface area contributed by atoms with Gasteiger partial charge in [-0.05, 0) is 26.0 Å². The first-order valence-electron chi connectivity index (χ1n) is 5.40. The zero-order chi connectivity index (χ0) is 12.2. The Kier molecular flexibility index (Phi) is 4.44. The summed E-state index contributed by atoms with van der Waals surface area (Å²) in [7, 11) is -3.13. The van der Waals surface area contributed by atoms with Gasteiger partial charge < -0.3 is 0 Å². The van der Waals surface area contributed by atoms with Gasteiger partial charge in [-0.25, -0.2) is 8.42 Å². The number of aryl methyl sites for hydroxylation is 1. The number of hydrogen-bond donors (Lipinski definition) is 0. The number of sulfonamides is 1. The van der Waals surface area contributed by atoms with Crippen molar-refractivity contribution in [2.24, 2.45) is 0 Å². The standard InChI is InChI=1S/C11H18N2O2S/c1-4-13(16(14,15)5-2)9-11-8-6-7-10(3)12-11/h6-8H,4-5,9H2,1-3H3. The summed E-state index contributed by atoms with van der Waals surface area (Å²) in [6.45, 7) is 6.22. The minimum Gasteiger partial charge on any atom is -0.257 e. The molecule has 1 aromatic rings. The van der Waals surface area contributed by atoms with Gasteiger partial charge in [0.2, 0.25) is 10.0 Å². The Hall–Kier alpha value is -0.940. The second-order valence-electron chi connectivity index (χ2n) is 3.60. The molecule has 0 aromatic carbocycles. The van der Waals surface area contributed by atoms with E-state index in [1.54, 1.807) is 6.92 Å². The van der Waals surface area contributed by atoms with Gasteiger partial charge in [-0.2, -0.15) is 4.31 Å². The summed E-state index contributed by atoms with van der Waals surface area (Å²) in [5, 5.41) is 0. The molecule has 90 valence electrons. The van der Waals surface area contributed by atoms with Crippen LogP contribution in [0.1, 0.15) is 25.2 Å². The molecule has 0 unspecified atom stereocenters. The Balaban J connectivity index is 2.87. The summed E-state index contributed by atoms with van der Waals surface area (Å²) >= 11 is 0. The molecule has 1 aromatic heterocycles. The predicted octanol–water partition coefficient (Wildman–Crippen LogP) is 1.56. The topological polar surface area (TPSA) is 50.3 Å². The van der Waals surface area contributed by atoms with Crippen LogP contribution < -0.4 is 0 Å². The van der Waals surface area contributed by atoms with Gasteiger partial charge in [-0.15, -0.1) is 0 Å². The van der Waals surface area contributed by atoms with E-state index >= 15 is 0 Å². The molecule has 0 aliphatic heterocycles. The molecule has 0 saturated heterocycles. The summed E-state index contributed by atoms with van der Waals surface area (Å²) < 4.78 is 24.9. The lowest BCUT2D eigenvalue weighted by molar-refractivity contribution is 0.419. The van der Waals surface area contributed by atoms with Crippen LogP contribution in [0, 0.1) is 6.92 Å². The van der Waals surface area contributed by atoms with Crippen molar-refractivity contribution < 1.29 is 8.42 Å². The van der Waals surface area contributed by atoms with E-state index in [0.29, 0.717) is 13.1 Å². The predicted molar refractivity (Wildman–Crippen MR) is 64.5 cm³/mol. The number of rotatable bonds is 5. The molecule has 16 heavy (non-hydrogen) atoms. The van der Waals surface area contributed by atoms with E-state index in [1.807, 2.05) is 32.0 Å². The van der Waals surface area contributed by atoms with Crippen molar-refractivity contribution in [2.45, 2.75) is 27.3 Å². The van der Waals surface area contributed by atoms with Crippen molar-refractivity contribution in [1.82, 2.24) is 9.29 Å². The van der Waals surface area contributed by atoms with Crippen LogP contribution in [0.25, 0.3) is 0 Å². The van der Waals surface area contributed by atoms with Crippen LogP contribution in [0.3, 0.4) is 0 Å². The van der Waals surface area contributed by atoms with E-state index in [1.165, 1.54) is 4.31 Å². The Bertz CT molecular complexity index is 443. The Morgan fingerprint density at radius 2 is 2.00 bits per heavy atom. The molecule has 5 heteroatoms. The van der Waals surface area contributed by atoms with Gasteiger partial charge in [0.1, 0.15) is 0 Å². The fourth-order valence-electron chi connectivity index (χ4n) is 1.46. The summed E-state index contributed by atoms with van der Waals surface area (Å²) in [6, 6.07) is 5.64. The average Bonchev–Trinajstić information content (AvgIpc) is 2.25. The first kappa shape index (κ1) is 13.1. The number of nitrogens with zero attached hydrogens (tertiary/aromatic N) is 2. The van der Waals surface area contributed by atoms with E-state index in [-0.39, 0.29) is 5.75 Å². The van der Waals surface area contributed by atoms with Crippen LogP contribution in [-0.2, 0) is 16.6 Å². The normalized spacial score (nSPS) is 12.0. The fraction of sp³-hybridized carbons (Fsp3) is 0.545. The van der Waals surface area contributed by atoms with Crippen molar-refractivity contribution >= 4 is 10.0 Å². The van der Waals surface area contributed by atoms with Crippen LogP contribution in [0.4, 0.5) is 0 Å². The van der Waals surface area contributed by atoms with Gasteiger partial charge in [0.05, 0.1) is 18.0 Å². The molecule has 0 radical (unpaired) electrons. The smallest absolute Gasteiger partial charge is 0.214 e. The fourth-order valence-corrected chi connectivity index (χ4v) is 2.55. The summed E-state index contributed by atoms with van der Waals surface area (Å²) in [5.41, 5.74) is 1.70. The van der Waals surface area contributed by atoms with Crippen LogP contribution in [0.15, 0.2) is 18.2 Å². The third kappa shape index (κ3) is 3.28. The molecule has 0 aliphatic rings. The molecular formula is C11H18N2O2S. The summed E-state index contributed by atoms with van der Waals surface area (Å²) in [4.78, 5) is 4.30. The first-order valence-corrected chi connectivity index (χ1v) is 7.01. The number of pyridine rings is 1. The molecule has 0 saturated carbocycles. The zero-order valence-corrected chi connectivity index (χ0v) is 10.8. The lowest BCUT2D eigenvalue weighted by Crippen LogP contribution is -2.32. The quantitative estimate of drug-likeness (QED) is 0.787. The lowest BCUT2D eigenvalue weighted by atomic mass is 10.3. The second kappa shape index (κ2) is 5.41. The summed E-state index contributed by atoms with van der Waals surface area (Å²) in [6.07, 6.45) is 0. The van der Waals surface area contributed by atoms with Gasteiger partial charge in [0.25, 0.3) is 0 Å². The minimum atomic E-state index is -3.13. The molecule has 1 rings (SSSR count). The molecule has 0 N–H and O–H groups in total. The van der Waals surface area contributed by atoms with E-state index in [4.69, 9.17) is 0 Å². The zero-order valence-electron chi connectivity index (χ0n) is 9.97. The Labute approximate surface area is 97.4 Å². The molecule has 0 spiro atoms. The van der Waals surface area contributed by atoms with E-state index in [0.717, 1.165) is 11.4 Å². The highest BCUT2D eigenvalue weighted by atomic mass is 32.2. The highest BCUT2D eigenvalue weighted by Gasteiger charge is 2.18. The number of aromatic nitrogens is 1. The highest BCUT2D eigenvalue weighted by Crippen LogP contribution is 2.08. The monoisotopic (exact) mass is 242 g/mol. The minimum absolute atomic E-state index is 0.132. The Morgan fingerprint density at radius 3 is 2.50 bits per heavy atom. The third-order valence-corrected chi connectivity index (χ3v) is 4.30. The van der Waals surface area contributed by atoms with E-state index < -0.39 is 10.0 Å². The van der Waals surface area contributed by atoms with Crippen molar-refractivity contribution in [2.75, 3.05) is 12.3 Å². The van der Waals surface area contributed by atoms with E-state index in [9.17, 15) is 8.42 Å². The highest BCUT2D eigenvalue weighted by molar-refractivity contribution is 7.89. The van der Waals surface area contributed by atoms with Crippen molar-refractivity contribution in [1.29, 1.82) is 0 Å². The van der Waals surface area contributed by atoms with Gasteiger partial charge in [0, 0.05) is 12.2 Å². The number of hydrogen-bond acceptors (Lipinski definition) is 3. The first-order chi connectivity index (χ1) is 7.49. The van der Waals surface area contributed by atoms with Gasteiger partial charge in [-0.3, -0.25) is 4.98 Å². The molecular weight excluding hydrogens is 224 g/mol. The van der Waals surface area contributed by atoms with Gasteiger partial charge in [0.15, 0.2) is 0 Å². The Morgan fingerprint density at radius 1 is 1.31 bits per heavy atom. The third-order valence-electron chi connectivity index (χ3n) is 2.40. The summed E-state index contributed by atoms with van der Waals surface area (Å²) in [5.74, 6) is 0.132. The maximum atomic E-state index is 11.7. The molecule has 0 aliphatic carbocycles. The maximum absolute atomic E-state index is 11.7. The van der Waals surface area contributed by atoms with Crippen LogP contribution in [-0.4, -0.2) is 30.0 Å². The van der Waals surface area contributed by atoms with E-state index in [2.05, 4.69) is 4.98 Å². The van der Waals surface area contributed by atoms with Crippen molar-refractivity contribution in [3.05, 3.63) is 29.6 Å². The van der Waals surface area contributed by atoms with Crippen molar-refractivity contribution in [3.8, 4) is 0 Å². The SMILES string of the molecule is CCN(Cc1cccc(C)n1)S(=O)(=O)CC.